The molecular weight excluding hydrogens is 315 g/mol. The van der Waals surface area contributed by atoms with E-state index in [1.807, 2.05) is 0 Å². The average Bonchev–Trinajstić information content (AvgIpc) is 3.09. The largest absolute Gasteiger partial charge is 0.416 e. The van der Waals surface area contributed by atoms with E-state index in [0.717, 1.165) is 24.3 Å². The Hall–Kier alpha value is -1.64. The van der Waals surface area contributed by atoms with Gasteiger partial charge in [-0.1, -0.05) is 0 Å². The number of hydrogen-bond donors (Lipinski definition) is 1. The first kappa shape index (κ1) is 16.2. The molecule has 8 heteroatoms. The third-order valence-corrected chi connectivity index (χ3v) is 4.10. The van der Waals surface area contributed by atoms with Crippen LogP contribution in [0.1, 0.15) is 15.9 Å². The van der Waals surface area contributed by atoms with Crippen molar-refractivity contribution in [3.05, 3.63) is 35.4 Å². The molecule has 4 atom stereocenters. The number of nitrogens with one attached hydrogen (secondary N) is 1. The molecule has 1 amide bonds. The summed E-state index contributed by atoms with van der Waals surface area (Å²) < 4.78 is 54.0. The van der Waals surface area contributed by atoms with Gasteiger partial charge in [0.1, 0.15) is 18.3 Å². The topological polar surface area (TPSA) is 56.8 Å². The van der Waals surface area contributed by atoms with Crippen LogP contribution in [0.4, 0.5) is 13.2 Å². The van der Waals surface area contributed by atoms with Crippen LogP contribution in [0.2, 0.25) is 0 Å². The smallest absolute Gasteiger partial charge is 0.376 e. The van der Waals surface area contributed by atoms with Gasteiger partial charge < -0.3 is 19.5 Å². The van der Waals surface area contributed by atoms with E-state index in [0.29, 0.717) is 6.61 Å². The van der Waals surface area contributed by atoms with E-state index in [1.54, 1.807) is 7.11 Å². The van der Waals surface area contributed by atoms with Gasteiger partial charge in [-0.3, -0.25) is 4.79 Å². The molecule has 0 radical (unpaired) electrons. The molecule has 5 nitrogen and oxygen atoms in total. The maximum atomic E-state index is 12.5. The number of halogens is 3. The molecule has 2 fully saturated rings. The number of ether oxygens (including phenoxy) is 3. The Balaban J connectivity index is 1.64. The Bertz CT molecular complexity index is 575. The zero-order valence-electron chi connectivity index (χ0n) is 12.3. The van der Waals surface area contributed by atoms with Crippen molar-refractivity contribution in [3.8, 4) is 0 Å². The predicted octanol–water partition coefficient (Wildman–Crippen LogP) is 1.62. The van der Waals surface area contributed by atoms with Crippen molar-refractivity contribution in [1.82, 2.24) is 5.32 Å². The lowest BCUT2D eigenvalue weighted by atomic mass is 10.1. The third kappa shape index (κ3) is 3.19. The second kappa shape index (κ2) is 6.10. The normalized spacial score (nSPS) is 30.3. The molecule has 126 valence electrons. The van der Waals surface area contributed by atoms with Crippen LogP contribution >= 0.6 is 0 Å². The first-order chi connectivity index (χ1) is 10.9. The molecule has 23 heavy (non-hydrogen) atoms. The van der Waals surface area contributed by atoms with Crippen molar-refractivity contribution in [3.63, 3.8) is 0 Å². The summed E-state index contributed by atoms with van der Waals surface area (Å²) in [4.78, 5) is 12.2. The Morgan fingerprint density at radius 2 is 1.83 bits per heavy atom. The molecule has 0 spiro atoms. The lowest BCUT2D eigenvalue weighted by molar-refractivity contribution is -0.137. The number of rotatable bonds is 3. The Labute approximate surface area is 130 Å². The van der Waals surface area contributed by atoms with Gasteiger partial charge in [-0.15, -0.1) is 0 Å². The molecule has 0 bridgehead atoms. The van der Waals surface area contributed by atoms with E-state index in [-0.39, 0.29) is 36.5 Å². The van der Waals surface area contributed by atoms with E-state index in [9.17, 15) is 18.0 Å². The second-order valence-electron chi connectivity index (χ2n) is 5.53. The van der Waals surface area contributed by atoms with Crippen LogP contribution < -0.4 is 5.32 Å². The molecule has 1 aromatic rings. The van der Waals surface area contributed by atoms with Crippen molar-refractivity contribution in [2.75, 3.05) is 20.3 Å². The lowest BCUT2D eigenvalue weighted by Gasteiger charge is -2.17. The highest BCUT2D eigenvalue weighted by atomic mass is 19.4. The van der Waals surface area contributed by atoms with Crippen LogP contribution in [-0.4, -0.2) is 50.6 Å². The van der Waals surface area contributed by atoms with E-state index >= 15 is 0 Å². The molecule has 0 saturated carbocycles. The fourth-order valence-electron chi connectivity index (χ4n) is 2.85. The molecule has 2 saturated heterocycles. The van der Waals surface area contributed by atoms with E-state index in [1.165, 1.54) is 0 Å². The number of carbonyl (C=O) groups is 1. The van der Waals surface area contributed by atoms with Crippen molar-refractivity contribution in [1.29, 1.82) is 0 Å². The van der Waals surface area contributed by atoms with Gasteiger partial charge in [0.15, 0.2) is 0 Å². The molecule has 2 aliphatic heterocycles. The fraction of sp³-hybridized carbons (Fsp3) is 0.533. The molecule has 0 aliphatic carbocycles. The first-order valence-electron chi connectivity index (χ1n) is 7.14. The van der Waals surface area contributed by atoms with Crippen LogP contribution in [0, 0.1) is 0 Å². The molecular formula is C15H16F3NO4. The van der Waals surface area contributed by atoms with Crippen LogP contribution in [0.3, 0.4) is 0 Å². The molecule has 1 N–H and O–H groups in total. The molecule has 2 aliphatic rings. The summed E-state index contributed by atoms with van der Waals surface area (Å²) >= 11 is 0. The number of methoxy groups -OCH3 is 1. The maximum Gasteiger partial charge on any atom is 0.416 e. The van der Waals surface area contributed by atoms with Gasteiger partial charge in [0, 0.05) is 12.7 Å². The number of benzene rings is 1. The Morgan fingerprint density at radius 1 is 1.17 bits per heavy atom. The van der Waals surface area contributed by atoms with Crippen LogP contribution in [0.15, 0.2) is 24.3 Å². The summed E-state index contributed by atoms with van der Waals surface area (Å²) in [5, 5.41) is 2.74. The number of fused-ring (bicyclic) bond motifs is 1. The molecule has 1 aromatic carbocycles. The summed E-state index contributed by atoms with van der Waals surface area (Å²) in [5.74, 6) is -0.461. The van der Waals surface area contributed by atoms with Crippen molar-refractivity contribution >= 4 is 5.91 Å². The molecule has 0 unspecified atom stereocenters. The SMILES string of the molecule is CO[C@H]1CO[C@@H]2[C@@H]1OC[C@@H]2NC(=O)c1ccc(C(F)(F)F)cc1. The minimum absolute atomic E-state index is 0.155. The van der Waals surface area contributed by atoms with Gasteiger partial charge in [-0.05, 0) is 24.3 Å². The van der Waals surface area contributed by atoms with Gasteiger partial charge in [0.05, 0.1) is 24.8 Å². The van der Waals surface area contributed by atoms with Crippen molar-refractivity contribution in [2.45, 2.75) is 30.5 Å². The highest BCUT2D eigenvalue weighted by molar-refractivity contribution is 5.94. The molecule has 2 heterocycles. The fourth-order valence-corrected chi connectivity index (χ4v) is 2.85. The minimum Gasteiger partial charge on any atom is -0.376 e. The minimum atomic E-state index is -4.42. The van der Waals surface area contributed by atoms with E-state index in [4.69, 9.17) is 14.2 Å². The van der Waals surface area contributed by atoms with E-state index in [2.05, 4.69) is 5.32 Å². The second-order valence-corrected chi connectivity index (χ2v) is 5.53. The van der Waals surface area contributed by atoms with Gasteiger partial charge >= 0.3 is 6.18 Å². The average molecular weight is 331 g/mol. The quantitative estimate of drug-likeness (QED) is 0.914. The number of hydrogen-bond acceptors (Lipinski definition) is 4. The van der Waals surface area contributed by atoms with Gasteiger partial charge in [0.2, 0.25) is 0 Å². The Kier molecular flexibility index (Phi) is 4.31. The summed E-state index contributed by atoms with van der Waals surface area (Å²) in [5.41, 5.74) is -0.636. The number of alkyl halides is 3. The highest BCUT2D eigenvalue weighted by Gasteiger charge is 2.48. The van der Waals surface area contributed by atoms with Crippen LogP contribution in [0.5, 0.6) is 0 Å². The summed E-state index contributed by atoms with van der Waals surface area (Å²) in [6.07, 6.45) is -5.14. The summed E-state index contributed by atoms with van der Waals surface area (Å²) in [6.45, 7) is 0.667. The highest BCUT2D eigenvalue weighted by Crippen LogP contribution is 2.30. The lowest BCUT2D eigenvalue weighted by Crippen LogP contribution is -2.44. The zero-order chi connectivity index (χ0) is 16.6. The van der Waals surface area contributed by atoms with E-state index < -0.39 is 17.6 Å². The van der Waals surface area contributed by atoms with Gasteiger partial charge in [-0.25, -0.2) is 0 Å². The van der Waals surface area contributed by atoms with Crippen LogP contribution in [0.25, 0.3) is 0 Å². The molecule has 0 aromatic heterocycles. The third-order valence-electron chi connectivity index (χ3n) is 4.10. The molecule has 3 rings (SSSR count). The zero-order valence-corrected chi connectivity index (χ0v) is 12.3. The Morgan fingerprint density at radius 3 is 2.43 bits per heavy atom. The first-order valence-corrected chi connectivity index (χ1v) is 7.14. The number of amides is 1. The number of carbonyl (C=O) groups excluding carboxylic acids is 1. The van der Waals surface area contributed by atoms with Crippen molar-refractivity contribution in [2.24, 2.45) is 0 Å². The standard InChI is InChI=1S/C15H16F3NO4/c1-21-11-7-23-12-10(6-22-13(11)12)19-14(20)8-2-4-9(5-3-8)15(16,17)18/h2-5,10-13H,6-7H2,1H3,(H,19,20)/t10-,11-,12-,13+/m0/s1. The van der Waals surface area contributed by atoms with Gasteiger partial charge in [-0.2, -0.15) is 13.2 Å². The summed E-state index contributed by atoms with van der Waals surface area (Å²) in [7, 11) is 1.56. The maximum absolute atomic E-state index is 12.5. The summed E-state index contributed by atoms with van der Waals surface area (Å²) in [6, 6.07) is 3.72. The predicted molar refractivity (Wildman–Crippen MR) is 73.0 cm³/mol. The monoisotopic (exact) mass is 331 g/mol. The van der Waals surface area contributed by atoms with Crippen LogP contribution in [-0.2, 0) is 20.4 Å². The van der Waals surface area contributed by atoms with Crippen molar-refractivity contribution < 1.29 is 32.2 Å². The van der Waals surface area contributed by atoms with Gasteiger partial charge in [0.25, 0.3) is 5.91 Å².